The number of esters is 1. The zero-order valence-electron chi connectivity index (χ0n) is 25.4. The third-order valence-electron chi connectivity index (χ3n) is 8.60. The predicted octanol–water partition coefficient (Wildman–Crippen LogP) is 3.27. The summed E-state index contributed by atoms with van der Waals surface area (Å²) in [5, 5.41) is 13.1. The van der Waals surface area contributed by atoms with Crippen LogP contribution in [-0.4, -0.2) is 44.1 Å². The number of aliphatic carboxylic acids is 1. The van der Waals surface area contributed by atoms with E-state index in [1.165, 1.54) is 7.11 Å². The van der Waals surface area contributed by atoms with Gasteiger partial charge in [-0.3, -0.25) is 9.59 Å². The van der Waals surface area contributed by atoms with Crippen LogP contribution in [0, 0.1) is 27.7 Å². The van der Waals surface area contributed by atoms with Crippen molar-refractivity contribution in [1.29, 1.82) is 0 Å². The van der Waals surface area contributed by atoms with Gasteiger partial charge in [-0.15, -0.1) is 0 Å². The van der Waals surface area contributed by atoms with Gasteiger partial charge < -0.3 is 29.8 Å². The van der Waals surface area contributed by atoms with Gasteiger partial charge in [0.05, 0.1) is 7.11 Å². The lowest BCUT2D eigenvalue weighted by Gasteiger charge is -2.03. The van der Waals surface area contributed by atoms with E-state index in [0.29, 0.717) is 12.8 Å². The fourth-order valence-electron chi connectivity index (χ4n) is 6.02. The fourth-order valence-corrected chi connectivity index (χ4v) is 6.02. The van der Waals surface area contributed by atoms with E-state index >= 15 is 0 Å². The highest BCUT2D eigenvalue weighted by atomic mass is 16.5. The van der Waals surface area contributed by atoms with Crippen molar-refractivity contribution < 1.29 is 19.4 Å². The second kappa shape index (κ2) is 11.7. The number of hydrogen-bond acceptors (Lipinski definition) is 3. The molecule has 0 fully saturated rings. The number of carboxylic acid groups (broad SMARTS) is 1. The van der Waals surface area contributed by atoms with E-state index in [-0.39, 0.29) is 18.8 Å². The van der Waals surface area contributed by atoms with Crippen molar-refractivity contribution in [2.45, 2.75) is 53.4 Å². The molecule has 4 aromatic rings. The molecule has 0 unspecified atom stereocenters. The zero-order chi connectivity index (χ0) is 31.0. The highest BCUT2D eigenvalue weighted by Crippen LogP contribution is 2.23. The Morgan fingerprint density at radius 1 is 0.674 bits per heavy atom. The summed E-state index contributed by atoms with van der Waals surface area (Å²) in [5.74, 6) is -1.13. The fraction of sp³-hybridized carbons (Fsp3) is 0.257. The Balaban J connectivity index is 1.90. The molecule has 8 heteroatoms. The Labute approximate surface area is 249 Å². The van der Waals surface area contributed by atoms with E-state index in [9.17, 15) is 14.7 Å². The van der Waals surface area contributed by atoms with Crippen LogP contribution in [0.3, 0.4) is 0 Å². The smallest absolute Gasteiger partial charge is 0.305 e. The average Bonchev–Trinajstić information content (AvgIpc) is 3.63. The van der Waals surface area contributed by atoms with Gasteiger partial charge >= 0.3 is 11.9 Å². The number of fused-ring (bicyclic) bond motifs is 8. The number of nitrogens with one attached hydrogen (secondary N) is 4. The predicted molar refractivity (Wildman–Crippen MR) is 171 cm³/mol. The number of aromatic nitrogens is 4. The van der Waals surface area contributed by atoms with Crippen LogP contribution in [0.5, 0.6) is 0 Å². The van der Waals surface area contributed by atoms with E-state index in [2.05, 4.69) is 65.2 Å². The second-order valence-corrected chi connectivity index (χ2v) is 11.0. The van der Waals surface area contributed by atoms with Crippen molar-refractivity contribution in [2.75, 3.05) is 7.11 Å². The van der Waals surface area contributed by atoms with E-state index < -0.39 is 5.97 Å². The summed E-state index contributed by atoms with van der Waals surface area (Å²) in [6, 6.07) is 0. The SMILES string of the molecule is C=Cc1c2[nH]c(c1C)C=c1[nH]c(c(CCC(=O)O)c1C)=Cc1[nH]c(c(C)c1CCC(=O)OC)C=c1[nH]c(c(C)c1C=C)=C2. The van der Waals surface area contributed by atoms with Crippen molar-refractivity contribution in [3.8, 4) is 0 Å². The third kappa shape index (κ3) is 5.48. The van der Waals surface area contributed by atoms with Gasteiger partial charge in [0.15, 0.2) is 0 Å². The molecule has 1 aliphatic heterocycles. The largest absolute Gasteiger partial charge is 0.481 e. The summed E-state index contributed by atoms with van der Waals surface area (Å²) >= 11 is 0. The maximum absolute atomic E-state index is 12.1. The summed E-state index contributed by atoms with van der Waals surface area (Å²) in [4.78, 5) is 38.0. The number of rotatable bonds is 8. The van der Waals surface area contributed by atoms with Crippen LogP contribution >= 0.6 is 0 Å². The van der Waals surface area contributed by atoms with Crippen LogP contribution < -0.4 is 21.4 Å². The summed E-state index contributed by atoms with van der Waals surface area (Å²) in [5.41, 5.74) is 11.7. The molecule has 222 valence electrons. The first kappa shape index (κ1) is 29.5. The first-order valence-electron chi connectivity index (χ1n) is 14.4. The molecule has 4 aromatic heterocycles. The minimum absolute atomic E-state index is 0.0107. The minimum Gasteiger partial charge on any atom is -0.481 e. The molecular formula is C35H38N4O4. The number of methoxy groups -OCH3 is 1. The zero-order valence-corrected chi connectivity index (χ0v) is 25.4. The molecular weight excluding hydrogens is 540 g/mol. The standard InChI is InChI=1S/C35H38N4O4/c1-8-22-18(3)26-14-27-20(5)24(10-12-34(40)41)32(38-27)17-33-25(11-13-35(42)43-7)21(6)29(39-33)16-31-23(9-2)19(4)28(37-31)15-30(22)36-26/h8-9,14-17,36-39H,1-2,10-13H2,3-7H3,(H,40,41). The van der Waals surface area contributed by atoms with E-state index in [1.807, 2.05) is 32.1 Å². The summed E-state index contributed by atoms with van der Waals surface area (Å²) in [7, 11) is 1.39. The number of ether oxygens (including phenoxy) is 1. The molecule has 5 N–H and O–H groups in total. The van der Waals surface area contributed by atoms with Crippen LogP contribution in [0.2, 0.25) is 0 Å². The lowest BCUT2D eigenvalue weighted by atomic mass is 10.0. The molecule has 0 aliphatic carbocycles. The molecule has 1 aliphatic rings. The maximum atomic E-state index is 12.1. The van der Waals surface area contributed by atoms with Gasteiger partial charge in [0, 0.05) is 68.1 Å². The number of carboxylic acids is 1. The van der Waals surface area contributed by atoms with Crippen LogP contribution in [0.4, 0.5) is 0 Å². The van der Waals surface area contributed by atoms with Gasteiger partial charge in [-0.2, -0.15) is 0 Å². The Bertz CT molecular complexity index is 2040. The number of hydrogen-bond donors (Lipinski definition) is 5. The normalized spacial score (nSPS) is 12.0. The van der Waals surface area contributed by atoms with E-state index in [0.717, 1.165) is 88.7 Å². The molecule has 0 atom stereocenters. The molecule has 43 heavy (non-hydrogen) atoms. The molecule has 0 saturated carbocycles. The molecule has 0 spiro atoms. The first-order valence-corrected chi connectivity index (χ1v) is 14.4. The number of aromatic amines is 4. The number of H-pyrrole nitrogens is 4. The Hall–Kier alpha value is -4.98. The van der Waals surface area contributed by atoms with Gasteiger partial charge in [0.25, 0.3) is 0 Å². The maximum Gasteiger partial charge on any atom is 0.305 e. The monoisotopic (exact) mass is 578 g/mol. The van der Waals surface area contributed by atoms with Crippen LogP contribution in [0.1, 0.15) is 80.1 Å². The summed E-state index contributed by atoms with van der Waals surface area (Å²) in [6.45, 7) is 16.4. The molecule has 0 saturated heterocycles. The van der Waals surface area contributed by atoms with Crippen LogP contribution in [0.15, 0.2) is 13.2 Å². The van der Waals surface area contributed by atoms with Gasteiger partial charge in [-0.05, 0) is 98.2 Å². The highest BCUT2D eigenvalue weighted by Gasteiger charge is 2.17. The Kier molecular flexibility index (Phi) is 8.04. The first-order chi connectivity index (χ1) is 20.6. The van der Waals surface area contributed by atoms with Crippen molar-refractivity contribution in [3.05, 3.63) is 102 Å². The number of carbonyl (C=O) groups excluding carboxylic acids is 1. The van der Waals surface area contributed by atoms with E-state index in [4.69, 9.17) is 4.74 Å². The van der Waals surface area contributed by atoms with Gasteiger partial charge in [-0.1, -0.05) is 25.3 Å². The molecule has 8 nitrogen and oxygen atoms in total. The molecule has 0 radical (unpaired) electrons. The molecule has 5 heterocycles. The van der Waals surface area contributed by atoms with Crippen molar-refractivity contribution in [2.24, 2.45) is 0 Å². The number of carbonyl (C=O) groups is 2. The second-order valence-electron chi connectivity index (χ2n) is 11.0. The molecule has 0 aromatic carbocycles. The van der Waals surface area contributed by atoms with Crippen LogP contribution in [-0.2, 0) is 27.2 Å². The minimum atomic E-state index is -0.851. The highest BCUT2D eigenvalue weighted by molar-refractivity contribution is 5.73. The Morgan fingerprint density at radius 2 is 1.23 bits per heavy atom. The lowest BCUT2D eigenvalue weighted by Crippen LogP contribution is -2.14. The van der Waals surface area contributed by atoms with Crippen molar-refractivity contribution in [1.82, 2.24) is 19.9 Å². The van der Waals surface area contributed by atoms with Gasteiger partial charge in [0.1, 0.15) is 0 Å². The summed E-state index contributed by atoms with van der Waals surface area (Å²) < 4.78 is 4.93. The van der Waals surface area contributed by atoms with Gasteiger partial charge in [0.2, 0.25) is 0 Å². The third-order valence-corrected chi connectivity index (χ3v) is 8.60. The van der Waals surface area contributed by atoms with E-state index in [1.54, 1.807) is 0 Å². The van der Waals surface area contributed by atoms with Crippen molar-refractivity contribution >= 4 is 48.4 Å². The van der Waals surface area contributed by atoms with Crippen molar-refractivity contribution in [3.63, 3.8) is 0 Å². The Morgan fingerprint density at radius 3 is 1.91 bits per heavy atom. The lowest BCUT2D eigenvalue weighted by molar-refractivity contribution is -0.140. The molecule has 8 bridgehead atoms. The van der Waals surface area contributed by atoms with Gasteiger partial charge in [-0.25, -0.2) is 0 Å². The quantitative estimate of drug-likeness (QED) is 0.181. The summed E-state index contributed by atoms with van der Waals surface area (Å²) in [6.07, 6.45) is 13.1. The topological polar surface area (TPSA) is 127 Å². The average molecular weight is 579 g/mol. The van der Waals surface area contributed by atoms with Crippen LogP contribution in [0.25, 0.3) is 36.5 Å². The molecule has 0 amide bonds. The molecule has 5 rings (SSSR count).